The Balaban J connectivity index is 3.19. The summed E-state index contributed by atoms with van der Waals surface area (Å²) in [4.78, 5) is 12.3. The van der Waals surface area contributed by atoms with Gasteiger partial charge in [0.15, 0.2) is 12.2 Å². The second-order valence-corrected chi connectivity index (χ2v) is 4.24. The van der Waals surface area contributed by atoms with Crippen LogP contribution in [-0.4, -0.2) is 19.7 Å². The lowest BCUT2D eigenvalue weighted by Gasteiger charge is -2.33. The van der Waals surface area contributed by atoms with Crippen LogP contribution in [0.15, 0.2) is 30.3 Å². The predicted molar refractivity (Wildman–Crippen MR) is 69.8 cm³/mol. The smallest absolute Gasteiger partial charge is 0.344 e. The van der Waals surface area contributed by atoms with Gasteiger partial charge in [0.05, 0.1) is 0 Å². The molecule has 1 atom stereocenters. The van der Waals surface area contributed by atoms with E-state index in [2.05, 4.69) is 5.92 Å². The molecule has 0 saturated heterocycles. The molecule has 1 aromatic carbocycles. The van der Waals surface area contributed by atoms with E-state index in [9.17, 15) is 4.79 Å². The second kappa shape index (κ2) is 6.23. The van der Waals surface area contributed by atoms with E-state index in [0.29, 0.717) is 0 Å². The molecule has 0 radical (unpaired) electrons. The van der Waals surface area contributed by atoms with Gasteiger partial charge in [0.2, 0.25) is 0 Å². The summed E-state index contributed by atoms with van der Waals surface area (Å²) in [7, 11) is 1.50. The first-order valence-electron chi connectivity index (χ1n) is 5.81. The van der Waals surface area contributed by atoms with E-state index in [1.807, 2.05) is 44.2 Å². The average Bonchev–Trinajstić information content (AvgIpc) is 2.38. The van der Waals surface area contributed by atoms with Crippen molar-refractivity contribution in [2.45, 2.75) is 19.4 Å². The van der Waals surface area contributed by atoms with Crippen LogP contribution in [0.3, 0.4) is 0 Å². The number of hydrogen-bond acceptors (Lipinski definition) is 3. The molecule has 0 bridgehead atoms. The SMILES string of the molecule is C#CCOC(=O)C(OC)(c1ccccc1)C(C)C. The first-order valence-corrected chi connectivity index (χ1v) is 5.81. The third kappa shape index (κ3) is 2.55. The van der Waals surface area contributed by atoms with E-state index < -0.39 is 11.6 Å². The number of carbonyl (C=O) groups is 1. The van der Waals surface area contributed by atoms with Gasteiger partial charge in [-0.1, -0.05) is 50.1 Å². The van der Waals surface area contributed by atoms with Gasteiger partial charge in [-0.3, -0.25) is 0 Å². The molecule has 3 heteroatoms. The normalized spacial score (nSPS) is 13.7. The molecular formula is C15H18O3. The highest BCUT2D eigenvalue weighted by atomic mass is 16.6. The van der Waals surface area contributed by atoms with Crippen molar-refractivity contribution in [1.82, 2.24) is 0 Å². The monoisotopic (exact) mass is 246 g/mol. The molecule has 0 heterocycles. The van der Waals surface area contributed by atoms with E-state index in [4.69, 9.17) is 15.9 Å². The summed E-state index contributed by atoms with van der Waals surface area (Å²) in [5, 5.41) is 0. The fraction of sp³-hybridized carbons (Fsp3) is 0.400. The first kappa shape index (κ1) is 14.3. The van der Waals surface area contributed by atoms with Crippen LogP contribution in [-0.2, 0) is 19.9 Å². The van der Waals surface area contributed by atoms with Crippen LogP contribution in [0.4, 0.5) is 0 Å². The van der Waals surface area contributed by atoms with Crippen molar-refractivity contribution in [3.8, 4) is 12.3 Å². The Morgan fingerprint density at radius 3 is 2.44 bits per heavy atom. The molecule has 1 rings (SSSR count). The quantitative estimate of drug-likeness (QED) is 0.591. The maximum atomic E-state index is 12.3. The minimum atomic E-state index is -1.11. The van der Waals surface area contributed by atoms with Gasteiger partial charge in [-0.05, 0) is 11.5 Å². The van der Waals surface area contributed by atoms with Crippen molar-refractivity contribution in [2.24, 2.45) is 5.92 Å². The maximum Gasteiger partial charge on any atom is 0.344 e. The predicted octanol–water partition coefficient (Wildman–Crippen LogP) is 2.36. The Morgan fingerprint density at radius 1 is 1.39 bits per heavy atom. The van der Waals surface area contributed by atoms with Crippen molar-refractivity contribution in [3.05, 3.63) is 35.9 Å². The van der Waals surface area contributed by atoms with Gasteiger partial charge in [-0.15, -0.1) is 6.42 Å². The zero-order valence-electron chi connectivity index (χ0n) is 11.0. The molecule has 96 valence electrons. The molecule has 0 amide bonds. The lowest BCUT2D eigenvalue weighted by Crippen LogP contribution is -2.44. The minimum Gasteiger partial charge on any atom is -0.450 e. The highest BCUT2D eigenvalue weighted by Crippen LogP contribution is 2.34. The number of benzene rings is 1. The molecule has 0 saturated carbocycles. The Hall–Kier alpha value is -1.79. The van der Waals surface area contributed by atoms with E-state index in [1.54, 1.807) is 0 Å². The molecule has 18 heavy (non-hydrogen) atoms. The van der Waals surface area contributed by atoms with E-state index >= 15 is 0 Å². The summed E-state index contributed by atoms with van der Waals surface area (Å²) in [6.07, 6.45) is 5.11. The van der Waals surface area contributed by atoms with E-state index in [-0.39, 0.29) is 12.5 Å². The summed E-state index contributed by atoms with van der Waals surface area (Å²) < 4.78 is 10.6. The van der Waals surface area contributed by atoms with Gasteiger partial charge in [-0.2, -0.15) is 0 Å². The van der Waals surface area contributed by atoms with Gasteiger partial charge < -0.3 is 9.47 Å². The van der Waals surface area contributed by atoms with Crippen LogP contribution < -0.4 is 0 Å². The van der Waals surface area contributed by atoms with Crippen molar-refractivity contribution in [3.63, 3.8) is 0 Å². The van der Waals surface area contributed by atoms with Crippen molar-refractivity contribution >= 4 is 5.97 Å². The lowest BCUT2D eigenvalue weighted by molar-refractivity contribution is -0.175. The topological polar surface area (TPSA) is 35.5 Å². The van der Waals surface area contributed by atoms with Gasteiger partial charge in [0, 0.05) is 7.11 Å². The molecule has 0 aliphatic rings. The fourth-order valence-corrected chi connectivity index (χ4v) is 2.02. The number of terminal acetylenes is 1. The number of methoxy groups -OCH3 is 1. The van der Waals surface area contributed by atoms with Crippen molar-refractivity contribution < 1.29 is 14.3 Å². The summed E-state index contributed by atoms with van der Waals surface area (Å²) in [5.41, 5.74) is -0.345. The number of ether oxygens (including phenoxy) is 2. The third-order valence-corrected chi connectivity index (χ3v) is 2.93. The Morgan fingerprint density at radius 2 is 2.00 bits per heavy atom. The zero-order valence-corrected chi connectivity index (χ0v) is 11.0. The Bertz CT molecular complexity index is 431. The van der Waals surface area contributed by atoms with Crippen molar-refractivity contribution in [2.75, 3.05) is 13.7 Å². The van der Waals surface area contributed by atoms with Crippen LogP contribution >= 0.6 is 0 Å². The van der Waals surface area contributed by atoms with Crippen molar-refractivity contribution in [1.29, 1.82) is 0 Å². The van der Waals surface area contributed by atoms with Gasteiger partial charge in [-0.25, -0.2) is 4.79 Å². The van der Waals surface area contributed by atoms with Crippen LogP contribution in [0.1, 0.15) is 19.4 Å². The largest absolute Gasteiger partial charge is 0.450 e. The van der Waals surface area contributed by atoms with Crippen LogP contribution in [0.5, 0.6) is 0 Å². The minimum absolute atomic E-state index is 0.0521. The van der Waals surface area contributed by atoms with Crippen LogP contribution in [0, 0.1) is 18.3 Å². The van der Waals surface area contributed by atoms with Gasteiger partial charge in [0.25, 0.3) is 0 Å². The highest BCUT2D eigenvalue weighted by Gasteiger charge is 2.45. The number of rotatable bonds is 5. The number of hydrogen-bond donors (Lipinski definition) is 0. The second-order valence-electron chi connectivity index (χ2n) is 4.24. The molecule has 0 N–H and O–H groups in total. The molecular weight excluding hydrogens is 228 g/mol. The summed E-state index contributed by atoms with van der Waals surface area (Å²) in [6.45, 7) is 3.77. The molecule has 0 fully saturated rings. The Kier molecular flexibility index (Phi) is 4.94. The van der Waals surface area contributed by atoms with Crippen LogP contribution in [0.25, 0.3) is 0 Å². The summed E-state index contributed by atoms with van der Waals surface area (Å²) in [5.74, 6) is 1.76. The number of carbonyl (C=O) groups excluding carboxylic acids is 1. The van der Waals surface area contributed by atoms with E-state index in [1.165, 1.54) is 7.11 Å². The molecule has 1 aromatic rings. The van der Waals surface area contributed by atoms with Gasteiger partial charge in [0.1, 0.15) is 0 Å². The summed E-state index contributed by atoms with van der Waals surface area (Å²) >= 11 is 0. The summed E-state index contributed by atoms with van der Waals surface area (Å²) in [6, 6.07) is 9.30. The zero-order chi connectivity index (χ0) is 13.6. The number of esters is 1. The fourth-order valence-electron chi connectivity index (χ4n) is 2.02. The molecule has 0 spiro atoms. The van der Waals surface area contributed by atoms with Crippen LogP contribution in [0.2, 0.25) is 0 Å². The molecule has 0 aromatic heterocycles. The van der Waals surface area contributed by atoms with Gasteiger partial charge >= 0.3 is 5.97 Å². The Labute approximate surface area is 108 Å². The first-order chi connectivity index (χ1) is 8.59. The average molecular weight is 246 g/mol. The standard InChI is InChI=1S/C15H18O3/c1-5-11-18-14(16)15(17-4,12(2)3)13-9-7-6-8-10-13/h1,6-10,12H,11H2,2-4H3. The molecule has 0 aliphatic carbocycles. The highest BCUT2D eigenvalue weighted by molar-refractivity contribution is 5.82. The lowest BCUT2D eigenvalue weighted by atomic mass is 9.83. The molecule has 3 nitrogen and oxygen atoms in total. The van der Waals surface area contributed by atoms with E-state index in [0.717, 1.165) is 5.56 Å². The molecule has 1 unspecified atom stereocenters. The third-order valence-electron chi connectivity index (χ3n) is 2.93. The maximum absolute atomic E-state index is 12.3. The molecule has 0 aliphatic heterocycles.